The van der Waals surface area contributed by atoms with Gasteiger partial charge in [-0.15, -0.1) is 24.0 Å². The number of hydrogen-bond donors (Lipinski definition) is 3. The van der Waals surface area contributed by atoms with Crippen LogP contribution < -0.4 is 11.1 Å². The molecule has 1 aromatic rings. The highest BCUT2D eigenvalue weighted by molar-refractivity contribution is 14.0. The third kappa shape index (κ3) is 4.84. The molecule has 0 aromatic heterocycles. The van der Waals surface area contributed by atoms with E-state index >= 15 is 0 Å². The van der Waals surface area contributed by atoms with E-state index in [0.29, 0.717) is 12.5 Å². The van der Waals surface area contributed by atoms with E-state index in [4.69, 9.17) is 5.73 Å². The Morgan fingerprint density at radius 3 is 2.73 bits per heavy atom. The van der Waals surface area contributed by atoms with Crippen LogP contribution in [0.1, 0.15) is 43.7 Å². The summed E-state index contributed by atoms with van der Waals surface area (Å²) in [6.07, 6.45) is 3.87. The van der Waals surface area contributed by atoms with Gasteiger partial charge in [-0.2, -0.15) is 0 Å². The number of aliphatic hydroxyl groups excluding tert-OH is 1. The summed E-state index contributed by atoms with van der Waals surface area (Å²) in [6.45, 7) is 6.83. The number of aryl methyl sites for hydroxylation is 2. The fourth-order valence-electron chi connectivity index (χ4n) is 2.84. The molecule has 4 nitrogen and oxygen atoms in total. The summed E-state index contributed by atoms with van der Waals surface area (Å²) < 4.78 is 0. The van der Waals surface area contributed by atoms with Crippen LogP contribution in [-0.2, 0) is 0 Å². The Bertz CT molecular complexity index is 533. The molecule has 2 unspecified atom stereocenters. The fourth-order valence-corrected chi connectivity index (χ4v) is 2.84. The summed E-state index contributed by atoms with van der Waals surface area (Å²) in [6, 6.07) is 6.13. The number of anilines is 1. The van der Waals surface area contributed by atoms with Crippen molar-refractivity contribution in [1.82, 2.24) is 0 Å². The first-order chi connectivity index (χ1) is 9.90. The molecule has 1 saturated carbocycles. The average molecular weight is 417 g/mol. The Morgan fingerprint density at radius 2 is 2.09 bits per heavy atom. The van der Waals surface area contributed by atoms with Gasteiger partial charge in [0.1, 0.15) is 0 Å². The van der Waals surface area contributed by atoms with Crippen LogP contribution in [0.15, 0.2) is 23.2 Å². The van der Waals surface area contributed by atoms with Crippen LogP contribution in [0.3, 0.4) is 0 Å². The monoisotopic (exact) mass is 417 g/mol. The zero-order chi connectivity index (χ0) is 15.5. The van der Waals surface area contributed by atoms with Crippen molar-refractivity contribution in [1.29, 1.82) is 0 Å². The SMILES string of the molecule is Cc1ccc(NC(N)=NCC2(C)CCCCC2O)cc1C.I. The first-order valence-corrected chi connectivity index (χ1v) is 7.73. The number of aliphatic imine (C=N–C) groups is 1. The highest BCUT2D eigenvalue weighted by Crippen LogP contribution is 2.36. The Morgan fingerprint density at radius 1 is 1.36 bits per heavy atom. The molecule has 5 heteroatoms. The highest BCUT2D eigenvalue weighted by Gasteiger charge is 2.35. The highest BCUT2D eigenvalue weighted by atomic mass is 127. The Labute approximate surface area is 150 Å². The lowest BCUT2D eigenvalue weighted by Crippen LogP contribution is -2.39. The van der Waals surface area contributed by atoms with Crippen LogP contribution in [0.4, 0.5) is 5.69 Å². The molecule has 1 aliphatic carbocycles. The lowest BCUT2D eigenvalue weighted by molar-refractivity contribution is 0.00724. The molecular formula is C17H28IN3O. The second-order valence-electron chi connectivity index (χ2n) is 6.54. The number of nitrogens with zero attached hydrogens (tertiary/aromatic N) is 1. The summed E-state index contributed by atoms with van der Waals surface area (Å²) >= 11 is 0. The zero-order valence-corrected chi connectivity index (χ0v) is 16.1. The van der Waals surface area contributed by atoms with E-state index in [1.165, 1.54) is 11.1 Å². The third-order valence-corrected chi connectivity index (χ3v) is 4.67. The van der Waals surface area contributed by atoms with E-state index in [-0.39, 0.29) is 35.5 Å². The minimum absolute atomic E-state index is 0. The first kappa shape index (κ1) is 19.2. The second kappa shape index (κ2) is 8.15. The molecule has 1 aliphatic rings. The molecule has 0 aliphatic heterocycles. The molecule has 0 spiro atoms. The molecule has 124 valence electrons. The van der Waals surface area contributed by atoms with Gasteiger partial charge in [0.25, 0.3) is 0 Å². The van der Waals surface area contributed by atoms with Gasteiger partial charge in [-0.05, 0) is 49.9 Å². The van der Waals surface area contributed by atoms with E-state index < -0.39 is 0 Å². The topological polar surface area (TPSA) is 70.6 Å². The van der Waals surface area contributed by atoms with Gasteiger partial charge in [0.2, 0.25) is 0 Å². The molecule has 0 radical (unpaired) electrons. The summed E-state index contributed by atoms with van der Waals surface area (Å²) in [5.41, 5.74) is 9.26. The lowest BCUT2D eigenvalue weighted by atomic mass is 9.73. The van der Waals surface area contributed by atoms with Gasteiger partial charge >= 0.3 is 0 Å². The number of aliphatic hydroxyl groups is 1. The van der Waals surface area contributed by atoms with Crippen molar-refractivity contribution in [3.63, 3.8) is 0 Å². The molecule has 0 saturated heterocycles. The van der Waals surface area contributed by atoms with Crippen molar-refractivity contribution in [3.8, 4) is 0 Å². The van der Waals surface area contributed by atoms with Crippen molar-refractivity contribution in [2.24, 2.45) is 16.1 Å². The standard InChI is InChI=1S/C17H27N3O.HI/c1-12-7-8-14(10-13(12)2)20-16(18)19-11-17(3)9-5-4-6-15(17)21;/h7-8,10,15,21H,4-6,9,11H2,1-3H3,(H3,18,19,20);1H. The first-order valence-electron chi connectivity index (χ1n) is 7.73. The average Bonchev–Trinajstić information content (AvgIpc) is 2.44. The molecule has 0 heterocycles. The van der Waals surface area contributed by atoms with Gasteiger partial charge in [0, 0.05) is 11.1 Å². The maximum Gasteiger partial charge on any atom is 0.193 e. The molecule has 0 amide bonds. The van der Waals surface area contributed by atoms with E-state index in [9.17, 15) is 5.11 Å². The normalized spacial score (nSPS) is 25.5. The number of rotatable bonds is 3. The summed E-state index contributed by atoms with van der Waals surface area (Å²) in [4.78, 5) is 4.44. The number of benzene rings is 1. The maximum atomic E-state index is 10.2. The Balaban J connectivity index is 0.00000242. The lowest BCUT2D eigenvalue weighted by Gasteiger charge is -2.37. The molecular weight excluding hydrogens is 389 g/mol. The molecule has 0 bridgehead atoms. The van der Waals surface area contributed by atoms with Gasteiger partial charge in [-0.3, -0.25) is 4.99 Å². The maximum absolute atomic E-state index is 10.2. The van der Waals surface area contributed by atoms with Crippen LogP contribution in [0, 0.1) is 19.3 Å². The summed E-state index contributed by atoms with van der Waals surface area (Å²) in [5, 5.41) is 13.3. The van der Waals surface area contributed by atoms with E-state index in [1.54, 1.807) is 0 Å². The van der Waals surface area contributed by atoms with Crippen molar-refractivity contribution in [2.45, 2.75) is 52.6 Å². The molecule has 22 heavy (non-hydrogen) atoms. The molecule has 2 atom stereocenters. The number of hydrogen-bond acceptors (Lipinski definition) is 2. The van der Waals surface area contributed by atoms with Crippen LogP contribution in [0.5, 0.6) is 0 Å². The fraction of sp³-hybridized carbons (Fsp3) is 0.588. The molecule has 1 fully saturated rings. The van der Waals surface area contributed by atoms with Crippen molar-refractivity contribution in [3.05, 3.63) is 29.3 Å². The van der Waals surface area contributed by atoms with Crippen LogP contribution in [0.25, 0.3) is 0 Å². The smallest absolute Gasteiger partial charge is 0.193 e. The summed E-state index contributed by atoms with van der Waals surface area (Å²) in [5.74, 6) is 0.414. The van der Waals surface area contributed by atoms with Crippen LogP contribution in [0.2, 0.25) is 0 Å². The Kier molecular flexibility index (Phi) is 7.12. The van der Waals surface area contributed by atoms with Crippen LogP contribution >= 0.6 is 24.0 Å². The number of halogens is 1. The number of nitrogens with two attached hydrogens (primary N) is 1. The van der Waals surface area contributed by atoms with Gasteiger partial charge in [-0.25, -0.2) is 0 Å². The molecule has 4 N–H and O–H groups in total. The minimum atomic E-state index is -0.274. The zero-order valence-electron chi connectivity index (χ0n) is 13.7. The molecule has 1 aromatic carbocycles. The van der Waals surface area contributed by atoms with Crippen LogP contribution in [-0.4, -0.2) is 23.7 Å². The van der Waals surface area contributed by atoms with Crippen molar-refractivity contribution >= 4 is 35.6 Å². The molecule has 2 rings (SSSR count). The van der Waals surface area contributed by atoms with Gasteiger partial charge in [0.15, 0.2) is 5.96 Å². The van der Waals surface area contributed by atoms with Gasteiger partial charge in [0.05, 0.1) is 12.6 Å². The van der Waals surface area contributed by atoms with E-state index in [1.807, 2.05) is 6.07 Å². The van der Waals surface area contributed by atoms with E-state index in [0.717, 1.165) is 31.4 Å². The quantitative estimate of drug-likeness (QED) is 0.400. The third-order valence-electron chi connectivity index (χ3n) is 4.67. The second-order valence-corrected chi connectivity index (χ2v) is 6.54. The van der Waals surface area contributed by atoms with Gasteiger partial charge in [-0.1, -0.05) is 25.8 Å². The Hall–Kier alpha value is -0.820. The number of guanidine groups is 1. The minimum Gasteiger partial charge on any atom is -0.392 e. The predicted octanol–water partition coefficient (Wildman–Crippen LogP) is 3.59. The largest absolute Gasteiger partial charge is 0.392 e. The van der Waals surface area contributed by atoms with Gasteiger partial charge < -0.3 is 16.2 Å². The van der Waals surface area contributed by atoms with Crippen molar-refractivity contribution < 1.29 is 5.11 Å². The predicted molar refractivity (Wildman–Crippen MR) is 104 cm³/mol. The number of nitrogens with one attached hydrogen (secondary N) is 1. The van der Waals surface area contributed by atoms with E-state index in [2.05, 4.69) is 43.2 Å². The summed E-state index contributed by atoms with van der Waals surface area (Å²) in [7, 11) is 0. The van der Waals surface area contributed by atoms with Crippen molar-refractivity contribution in [2.75, 3.05) is 11.9 Å².